The Morgan fingerprint density at radius 2 is 1.85 bits per heavy atom. The van der Waals surface area contributed by atoms with Gasteiger partial charge in [0.05, 0.1) is 26.3 Å². The van der Waals surface area contributed by atoms with Crippen molar-refractivity contribution in [2.75, 3.05) is 14.2 Å². The number of methoxy groups -OCH3 is 2. The second-order valence-corrected chi connectivity index (χ2v) is 4.63. The van der Waals surface area contributed by atoms with E-state index < -0.39 is 0 Å². The second kappa shape index (κ2) is 5.92. The highest BCUT2D eigenvalue weighted by Crippen LogP contribution is 2.41. The summed E-state index contributed by atoms with van der Waals surface area (Å²) in [6.45, 7) is 4.35. The number of hydrogen-bond acceptors (Lipinski definition) is 6. The van der Waals surface area contributed by atoms with Gasteiger partial charge in [-0.15, -0.1) is 0 Å². The quantitative estimate of drug-likeness (QED) is 0.903. The summed E-state index contributed by atoms with van der Waals surface area (Å²) in [5.41, 5.74) is 7.28. The summed E-state index contributed by atoms with van der Waals surface area (Å²) in [5, 5.41) is 3.98. The Balaban J connectivity index is 2.69. The zero-order chi connectivity index (χ0) is 14.7. The van der Waals surface area contributed by atoms with Gasteiger partial charge in [-0.2, -0.15) is 4.98 Å². The molecule has 6 heteroatoms. The first-order chi connectivity index (χ1) is 9.62. The fourth-order valence-electron chi connectivity index (χ4n) is 2.17. The number of nitrogens with zero attached hydrogens (tertiary/aromatic N) is 2. The molecule has 1 heterocycles. The molecule has 20 heavy (non-hydrogen) atoms. The van der Waals surface area contributed by atoms with Crippen LogP contribution in [-0.4, -0.2) is 24.4 Å². The Labute approximate surface area is 117 Å². The molecule has 2 N–H and O–H groups in total. The van der Waals surface area contributed by atoms with Crippen molar-refractivity contribution in [3.63, 3.8) is 0 Å². The fraction of sp³-hybridized carbons (Fsp3) is 0.429. The van der Waals surface area contributed by atoms with Crippen molar-refractivity contribution in [2.24, 2.45) is 5.73 Å². The monoisotopic (exact) mass is 277 g/mol. The molecule has 0 aliphatic carbocycles. The molecule has 0 bridgehead atoms. The molecule has 0 unspecified atom stereocenters. The molecule has 0 aliphatic heterocycles. The minimum atomic E-state index is 0.205. The zero-order valence-electron chi connectivity index (χ0n) is 12.1. The van der Waals surface area contributed by atoms with Crippen LogP contribution in [0.2, 0.25) is 0 Å². The van der Waals surface area contributed by atoms with Crippen molar-refractivity contribution in [2.45, 2.75) is 26.3 Å². The SMILES string of the molecule is COc1ccc(OC)c(C(C)C)c1-c1noc(CN)n1. The van der Waals surface area contributed by atoms with Gasteiger partial charge in [0.25, 0.3) is 0 Å². The zero-order valence-corrected chi connectivity index (χ0v) is 12.1. The first-order valence-corrected chi connectivity index (χ1v) is 6.40. The minimum Gasteiger partial charge on any atom is -0.496 e. The van der Waals surface area contributed by atoms with E-state index in [2.05, 4.69) is 24.0 Å². The molecule has 2 rings (SSSR count). The summed E-state index contributed by atoms with van der Waals surface area (Å²) < 4.78 is 16.0. The van der Waals surface area contributed by atoms with Crippen LogP contribution in [-0.2, 0) is 6.54 Å². The van der Waals surface area contributed by atoms with E-state index in [1.165, 1.54) is 0 Å². The van der Waals surface area contributed by atoms with E-state index in [9.17, 15) is 0 Å². The predicted molar refractivity (Wildman–Crippen MR) is 74.8 cm³/mol. The van der Waals surface area contributed by atoms with E-state index in [1.807, 2.05) is 12.1 Å². The van der Waals surface area contributed by atoms with E-state index in [0.29, 0.717) is 17.5 Å². The second-order valence-electron chi connectivity index (χ2n) is 4.63. The van der Waals surface area contributed by atoms with E-state index >= 15 is 0 Å². The average Bonchev–Trinajstić information content (AvgIpc) is 2.93. The van der Waals surface area contributed by atoms with Crippen LogP contribution in [0, 0.1) is 0 Å². The maximum Gasteiger partial charge on any atom is 0.240 e. The third kappa shape index (κ3) is 2.46. The van der Waals surface area contributed by atoms with Crippen LogP contribution >= 0.6 is 0 Å². The van der Waals surface area contributed by atoms with E-state index in [4.69, 9.17) is 19.7 Å². The van der Waals surface area contributed by atoms with Crippen molar-refractivity contribution < 1.29 is 14.0 Å². The summed E-state index contributed by atoms with van der Waals surface area (Å²) in [7, 11) is 3.25. The van der Waals surface area contributed by atoms with Crippen LogP contribution < -0.4 is 15.2 Å². The van der Waals surface area contributed by atoms with Crippen molar-refractivity contribution >= 4 is 0 Å². The van der Waals surface area contributed by atoms with Gasteiger partial charge >= 0.3 is 0 Å². The molecule has 0 aliphatic rings. The van der Waals surface area contributed by atoms with Crippen LogP contribution in [0.1, 0.15) is 31.2 Å². The van der Waals surface area contributed by atoms with E-state index in [1.54, 1.807) is 14.2 Å². The van der Waals surface area contributed by atoms with Crippen molar-refractivity contribution in [3.8, 4) is 22.9 Å². The molecule has 0 saturated carbocycles. The number of ether oxygens (including phenoxy) is 2. The van der Waals surface area contributed by atoms with Crippen LogP contribution in [0.25, 0.3) is 11.4 Å². The third-order valence-corrected chi connectivity index (χ3v) is 3.05. The lowest BCUT2D eigenvalue weighted by molar-refractivity contribution is 0.379. The molecule has 0 atom stereocenters. The first kappa shape index (κ1) is 14.3. The van der Waals surface area contributed by atoms with Gasteiger partial charge in [-0.1, -0.05) is 19.0 Å². The Bertz CT molecular complexity index is 593. The van der Waals surface area contributed by atoms with E-state index in [0.717, 1.165) is 16.9 Å². The van der Waals surface area contributed by atoms with Crippen LogP contribution in [0.3, 0.4) is 0 Å². The topological polar surface area (TPSA) is 83.4 Å². The molecule has 0 fully saturated rings. The maximum absolute atomic E-state index is 5.51. The van der Waals surface area contributed by atoms with Crippen molar-refractivity contribution in [3.05, 3.63) is 23.6 Å². The number of nitrogens with two attached hydrogens (primary N) is 1. The van der Waals surface area contributed by atoms with Gasteiger partial charge in [0.2, 0.25) is 11.7 Å². The van der Waals surface area contributed by atoms with Crippen LogP contribution in [0.5, 0.6) is 11.5 Å². The van der Waals surface area contributed by atoms with Gasteiger partial charge in [-0.3, -0.25) is 0 Å². The normalized spacial score (nSPS) is 10.9. The average molecular weight is 277 g/mol. The number of aromatic nitrogens is 2. The highest BCUT2D eigenvalue weighted by atomic mass is 16.5. The highest BCUT2D eigenvalue weighted by molar-refractivity contribution is 5.72. The molecule has 6 nitrogen and oxygen atoms in total. The Hall–Kier alpha value is -2.08. The van der Waals surface area contributed by atoms with Gasteiger partial charge in [0, 0.05) is 5.56 Å². The van der Waals surface area contributed by atoms with Gasteiger partial charge in [0.15, 0.2) is 0 Å². The lowest BCUT2D eigenvalue weighted by Crippen LogP contribution is -2.02. The molecule has 0 spiro atoms. The van der Waals surface area contributed by atoms with Crippen LogP contribution in [0.15, 0.2) is 16.7 Å². The van der Waals surface area contributed by atoms with Gasteiger partial charge in [-0.25, -0.2) is 0 Å². The lowest BCUT2D eigenvalue weighted by Gasteiger charge is -2.17. The first-order valence-electron chi connectivity index (χ1n) is 6.40. The van der Waals surface area contributed by atoms with Gasteiger partial charge in [-0.05, 0) is 18.1 Å². The maximum atomic E-state index is 5.51. The summed E-state index contributed by atoms with van der Waals surface area (Å²) >= 11 is 0. The van der Waals surface area contributed by atoms with Crippen molar-refractivity contribution in [1.29, 1.82) is 0 Å². The highest BCUT2D eigenvalue weighted by Gasteiger charge is 2.22. The summed E-state index contributed by atoms with van der Waals surface area (Å²) in [6.07, 6.45) is 0. The molecule has 1 aromatic heterocycles. The Morgan fingerprint density at radius 3 is 2.35 bits per heavy atom. The Morgan fingerprint density at radius 1 is 1.20 bits per heavy atom. The smallest absolute Gasteiger partial charge is 0.240 e. The third-order valence-electron chi connectivity index (χ3n) is 3.05. The molecule has 0 amide bonds. The van der Waals surface area contributed by atoms with Crippen LogP contribution in [0.4, 0.5) is 0 Å². The molecule has 2 aromatic rings. The van der Waals surface area contributed by atoms with Gasteiger partial charge in [0.1, 0.15) is 11.5 Å². The number of benzene rings is 1. The van der Waals surface area contributed by atoms with E-state index in [-0.39, 0.29) is 12.5 Å². The molecular formula is C14H19N3O3. The predicted octanol–water partition coefficient (Wildman–Crippen LogP) is 2.34. The van der Waals surface area contributed by atoms with Gasteiger partial charge < -0.3 is 19.7 Å². The number of hydrogen-bond donors (Lipinski definition) is 1. The fourth-order valence-corrected chi connectivity index (χ4v) is 2.17. The molecule has 108 valence electrons. The Kier molecular flexibility index (Phi) is 4.24. The summed E-state index contributed by atoms with van der Waals surface area (Å²) in [6, 6.07) is 3.71. The number of rotatable bonds is 5. The molecule has 0 radical (unpaired) electrons. The summed E-state index contributed by atoms with van der Waals surface area (Å²) in [5.74, 6) is 2.52. The molecule has 1 aromatic carbocycles. The molecule has 0 saturated heterocycles. The standard InChI is InChI=1S/C14H19N3O3/c1-8(2)12-9(18-3)5-6-10(19-4)13(12)14-16-11(7-15)20-17-14/h5-6,8H,7,15H2,1-4H3. The lowest BCUT2D eigenvalue weighted by atomic mass is 9.94. The minimum absolute atomic E-state index is 0.205. The largest absolute Gasteiger partial charge is 0.496 e. The molecular weight excluding hydrogens is 258 g/mol. The summed E-state index contributed by atoms with van der Waals surface area (Å²) in [4.78, 5) is 4.29. The van der Waals surface area contributed by atoms with Crippen molar-refractivity contribution in [1.82, 2.24) is 10.1 Å².